The van der Waals surface area contributed by atoms with Gasteiger partial charge < -0.3 is 15.5 Å². The molecule has 3 N–H and O–H groups in total. The highest BCUT2D eigenvalue weighted by atomic mass is 79.9. The van der Waals surface area contributed by atoms with Crippen LogP contribution >= 0.6 is 43.5 Å². The maximum absolute atomic E-state index is 5.95. The molecule has 1 unspecified atom stereocenters. The fraction of sp³-hybridized carbons (Fsp3) is 0.167. The first-order valence-electron chi connectivity index (χ1n) is 5.27. The van der Waals surface area contributed by atoms with Crippen LogP contribution in [-0.4, -0.2) is 6.54 Å². The Morgan fingerprint density at radius 2 is 2.06 bits per heavy atom. The standard InChI is InChI=1S/C12H11Br2ClN2O/c13-8-5-7(1-2-9(8)15)17-10(6-16)11-3-4-12(14)18-11/h1-5,10,17H,6,16H2. The lowest BCUT2D eigenvalue weighted by Crippen LogP contribution is -2.20. The van der Waals surface area contributed by atoms with Gasteiger partial charge in [-0.25, -0.2) is 0 Å². The maximum Gasteiger partial charge on any atom is 0.169 e. The van der Waals surface area contributed by atoms with Crippen molar-refractivity contribution >= 4 is 49.1 Å². The van der Waals surface area contributed by atoms with Crippen molar-refractivity contribution in [3.63, 3.8) is 0 Å². The first-order chi connectivity index (χ1) is 8.60. The fourth-order valence-electron chi connectivity index (χ4n) is 1.55. The highest BCUT2D eigenvalue weighted by Gasteiger charge is 2.14. The number of hydrogen-bond donors (Lipinski definition) is 2. The molecule has 0 spiro atoms. The van der Waals surface area contributed by atoms with Gasteiger partial charge in [0.15, 0.2) is 4.67 Å². The average molecular weight is 394 g/mol. The first kappa shape index (κ1) is 13.9. The van der Waals surface area contributed by atoms with Gasteiger partial charge >= 0.3 is 0 Å². The van der Waals surface area contributed by atoms with Gasteiger partial charge in [0.2, 0.25) is 0 Å². The van der Waals surface area contributed by atoms with Crippen LogP contribution in [-0.2, 0) is 0 Å². The van der Waals surface area contributed by atoms with Gasteiger partial charge in [0.05, 0.1) is 11.1 Å². The molecule has 0 saturated carbocycles. The molecule has 2 aromatic rings. The van der Waals surface area contributed by atoms with Gasteiger partial charge in [0.1, 0.15) is 5.76 Å². The van der Waals surface area contributed by atoms with Gasteiger partial charge in [0.25, 0.3) is 0 Å². The Balaban J connectivity index is 2.17. The fourth-order valence-corrected chi connectivity index (χ4v) is 2.36. The van der Waals surface area contributed by atoms with E-state index in [1.165, 1.54) is 0 Å². The Labute approximate surface area is 127 Å². The topological polar surface area (TPSA) is 51.2 Å². The zero-order chi connectivity index (χ0) is 13.1. The van der Waals surface area contributed by atoms with E-state index in [9.17, 15) is 0 Å². The summed E-state index contributed by atoms with van der Waals surface area (Å²) in [6.45, 7) is 0.431. The molecule has 18 heavy (non-hydrogen) atoms. The zero-order valence-electron chi connectivity index (χ0n) is 9.29. The summed E-state index contributed by atoms with van der Waals surface area (Å²) in [5.74, 6) is 0.787. The summed E-state index contributed by atoms with van der Waals surface area (Å²) in [6, 6.07) is 9.28. The van der Waals surface area contributed by atoms with Gasteiger partial charge in [0, 0.05) is 16.7 Å². The molecule has 0 fully saturated rings. The van der Waals surface area contributed by atoms with Gasteiger partial charge in [-0.1, -0.05) is 11.6 Å². The number of nitrogens with two attached hydrogens (primary N) is 1. The number of anilines is 1. The summed E-state index contributed by atoms with van der Waals surface area (Å²) in [5.41, 5.74) is 6.68. The van der Waals surface area contributed by atoms with Crippen LogP contribution in [0.2, 0.25) is 5.02 Å². The van der Waals surface area contributed by atoms with Crippen LogP contribution < -0.4 is 11.1 Å². The van der Waals surface area contributed by atoms with Crippen molar-refractivity contribution < 1.29 is 4.42 Å². The quantitative estimate of drug-likeness (QED) is 0.799. The lowest BCUT2D eigenvalue weighted by molar-refractivity contribution is 0.463. The maximum atomic E-state index is 5.95. The van der Waals surface area contributed by atoms with E-state index in [0.29, 0.717) is 16.2 Å². The second-order valence-electron chi connectivity index (χ2n) is 3.70. The van der Waals surface area contributed by atoms with E-state index >= 15 is 0 Å². The van der Waals surface area contributed by atoms with E-state index in [0.717, 1.165) is 15.9 Å². The lowest BCUT2D eigenvalue weighted by Gasteiger charge is -2.16. The summed E-state index contributed by atoms with van der Waals surface area (Å²) in [7, 11) is 0. The number of furan rings is 1. The van der Waals surface area contributed by atoms with Crippen LogP contribution in [0.4, 0.5) is 5.69 Å². The predicted molar refractivity (Wildman–Crippen MR) is 81.0 cm³/mol. The van der Waals surface area contributed by atoms with Crippen molar-refractivity contribution in [1.82, 2.24) is 0 Å². The number of rotatable bonds is 4. The number of benzene rings is 1. The molecule has 0 aliphatic heterocycles. The van der Waals surface area contributed by atoms with E-state index in [1.54, 1.807) is 0 Å². The van der Waals surface area contributed by atoms with Crippen LogP contribution in [0.5, 0.6) is 0 Å². The van der Waals surface area contributed by atoms with Gasteiger partial charge in [-0.2, -0.15) is 0 Å². The summed E-state index contributed by atoms with van der Waals surface area (Å²) >= 11 is 12.6. The minimum atomic E-state index is -0.0793. The Hall–Kier alpha value is -0.490. The normalized spacial score (nSPS) is 12.4. The van der Waals surface area contributed by atoms with Gasteiger partial charge in [-0.15, -0.1) is 0 Å². The second kappa shape index (κ2) is 6.10. The third-order valence-electron chi connectivity index (χ3n) is 2.43. The van der Waals surface area contributed by atoms with E-state index in [1.807, 2.05) is 30.3 Å². The SMILES string of the molecule is NCC(Nc1ccc(Cl)c(Br)c1)c1ccc(Br)o1. The largest absolute Gasteiger partial charge is 0.452 e. The van der Waals surface area contributed by atoms with Crippen molar-refractivity contribution in [2.75, 3.05) is 11.9 Å². The molecule has 0 aliphatic carbocycles. The highest BCUT2D eigenvalue weighted by molar-refractivity contribution is 9.10. The second-order valence-corrected chi connectivity index (χ2v) is 5.75. The Kier molecular flexibility index (Phi) is 4.72. The van der Waals surface area contributed by atoms with Crippen molar-refractivity contribution in [3.05, 3.63) is 50.3 Å². The molecule has 3 nitrogen and oxygen atoms in total. The number of hydrogen-bond acceptors (Lipinski definition) is 3. The molecule has 0 amide bonds. The first-order valence-corrected chi connectivity index (χ1v) is 7.23. The molecule has 2 rings (SSSR count). The molecule has 1 atom stereocenters. The molecule has 96 valence electrons. The monoisotopic (exact) mass is 392 g/mol. The van der Waals surface area contributed by atoms with Gasteiger partial charge in [-0.3, -0.25) is 0 Å². The van der Waals surface area contributed by atoms with Crippen LogP contribution in [0.1, 0.15) is 11.8 Å². The molecule has 6 heteroatoms. The summed E-state index contributed by atoms with van der Waals surface area (Å²) in [5, 5.41) is 3.97. The van der Waals surface area contributed by atoms with Crippen molar-refractivity contribution in [3.8, 4) is 0 Å². The minimum Gasteiger partial charge on any atom is -0.452 e. The average Bonchev–Trinajstić information content (AvgIpc) is 2.77. The number of halogens is 3. The molecule has 0 radical (unpaired) electrons. The van der Waals surface area contributed by atoms with Crippen molar-refractivity contribution in [2.45, 2.75) is 6.04 Å². The molecular formula is C12H11Br2ClN2O. The third kappa shape index (κ3) is 3.29. The minimum absolute atomic E-state index is 0.0793. The van der Waals surface area contributed by atoms with Crippen LogP contribution in [0.3, 0.4) is 0 Å². The van der Waals surface area contributed by atoms with Gasteiger partial charge in [-0.05, 0) is 62.2 Å². The molecule has 0 bridgehead atoms. The third-order valence-corrected chi connectivity index (χ3v) is 4.07. The van der Waals surface area contributed by atoms with Crippen molar-refractivity contribution in [1.29, 1.82) is 0 Å². The van der Waals surface area contributed by atoms with Crippen molar-refractivity contribution in [2.24, 2.45) is 5.73 Å². The van der Waals surface area contributed by atoms with Crippen LogP contribution in [0, 0.1) is 0 Å². The number of nitrogens with one attached hydrogen (secondary N) is 1. The Morgan fingerprint density at radius 1 is 1.28 bits per heavy atom. The van der Waals surface area contributed by atoms with E-state index in [2.05, 4.69) is 37.2 Å². The van der Waals surface area contributed by atoms with E-state index < -0.39 is 0 Å². The predicted octanol–water partition coefficient (Wildman–Crippen LogP) is 4.57. The summed E-state index contributed by atoms with van der Waals surface area (Å²) in [4.78, 5) is 0. The summed E-state index contributed by atoms with van der Waals surface area (Å²) < 4.78 is 7.03. The lowest BCUT2D eigenvalue weighted by atomic mass is 10.2. The molecule has 1 heterocycles. The molecule has 0 aliphatic rings. The summed E-state index contributed by atoms with van der Waals surface area (Å²) in [6.07, 6.45) is 0. The molecular weight excluding hydrogens is 383 g/mol. The Morgan fingerprint density at radius 3 is 2.61 bits per heavy atom. The molecule has 1 aromatic carbocycles. The van der Waals surface area contributed by atoms with Crippen LogP contribution in [0.15, 0.2) is 43.9 Å². The van der Waals surface area contributed by atoms with Crippen LogP contribution in [0.25, 0.3) is 0 Å². The highest BCUT2D eigenvalue weighted by Crippen LogP contribution is 2.28. The smallest absolute Gasteiger partial charge is 0.169 e. The van der Waals surface area contributed by atoms with E-state index in [-0.39, 0.29) is 6.04 Å². The molecule has 0 saturated heterocycles. The molecule has 1 aromatic heterocycles. The Bertz CT molecular complexity index is 545. The zero-order valence-corrected chi connectivity index (χ0v) is 13.2. The van der Waals surface area contributed by atoms with E-state index in [4.69, 9.17) is 21.8 Å².